The third kappa shape index (κ3) is 4.53. The molecule has 0 radical (unpaired) electrons. The van der Waals surface area contributed by atoms with Gasteiger partial charge in [-0.2, -0.15) is 0 Å². The SMILES string of the molecule is O=C1CCC=CCCC(=O)OCC(c2ccccc2)N1. The first-order chi connectivity index (χ1) is 9.75. The number of hydrogen-bond acceptors (Lipinski definition) is 3. The van der Waals surface area contributed by atoms with Gasteiger partial charge in [0.1, 0.15) is 6.61 Å². The molecule has 20 heavy (non-hydrogen) atoms. The summed E-state index contributed by atoms with van der Waals surface area (Å²) in [5.41, 5.74) is 0.946. The van der Waals surface area contributed by atoms with E-state index in [1.807, 2.05) is 42.5 Å². The van der Waals surface area contributed by atoms with Crippen molar-refractivity contribution < 1.29 is 14.3 Å². The molecule has 1 N–H and O–H groups in total. The number of ether oxygens (including phenoxy) is 1. The molecule has 0 spiro atoms. The summed E-state index contributed by atoms with van der Waals surface area (Å²) in [5, 5.41) is 2.92. The van der Waals surface area contributed by atoms with E-state index in [2.05, 4.69) is 5.32 Å². The van der Waals surface area contributed by atoms with Crippen LogP contribution in [0.1, 0.15) is 37.3 Å². The van der Waals surface area contributed by atoms with Crippen LogP contribution in [0.4, 0.5) is 0 Å². The smallest absolute Gasteiger partial charge is 0.306 e. The van der Waals surface area contributed by atoms with Crippen molar-refractivity contribution in [2.75, 3.05) is 6.61 Å². The molecule has 106 valence electrons. The van der Waals surface area contributed by atoms with Crippen molar-refractivity contribution in [1.29, 1.82) is 0 Å². The van der Waals surface area contributed by atoms with Crippen LogP contribution in [0.2, 0.25) is 0 Å². The Balaban J connectivity index is 2.09. The molecule has 0 aromatic heterocycles. The standard InChI is InChI=1S/C16H19NO3/c18-15-10-6-1-2-7-11-16(19)20-12-14(17-15)13-8-4-3-5-9-13/h1-5,8-9,14H,6-7,10-12H2,(H,17,18). The van der Waals surface area contributed by atoms with E-state index in [1.54, 1.807) is 0 Å². The first-order valence-corrected chi connectivity index (χ1v) is 6.90. The topological polar surface area (TPSA) is 55.4 Å². The lowest BCUT2D eigenvalue weighted by Gasteiger charge is -2.19. The van der Waals surface area contributed by atoms with Gasteiger partial charge in [0.05, 0.1) is 6.04 Å². The Morgan fingerprint density at radius 3 is 2.45 bits per heavy atom. The molecule has 0 saturated heterocycles. The van der Waals surface area contributed by atoms with Crippen molar-refractivity contribution in [2.24, 2.45) is 0 Å². The molecule has 4 nitrogen and oxygen atoms in total. The highest BCUT2D eigenvalue weighted by molar-refractivity contribution is 5.76. The molecule has 1 aliphatic heterocycles. The van der Waals surface area contributed by atoms with Gasteiger partial charge < -0.3 is 10.1 Å². The average molecular weight is 273 g/mol. The summed E-state index contributed by atoms with van der Waals surface area (Å²) in [6.07, 6.45) is 6.05. The van der Waals surface area contributed by atoms with Gasteiger partial charge in [0.25, 0.3) is 0 Å². The van der Waals surface area contributed by atoms with Crippen molar-refractivity contribution in [2.45, 2.75) is 31.7 Å². The summed E-state index contributed by atoms with van der Waals surface area (Å²) < 4.78 is 5.24. The van der Waals surface area contributed by atoms with Gasteiger partial charge in [-0.3, -0.25) is 9.59 Å². The summed E-state index contributed by atoms with van der Waals surface area (Å²) >= 11 is 0. The second-order valence-electron chi connectivity index (χ2n) is 4.76. The number of carbonyl (C=O) groups is 2. The zero-order valence-corrected chi connectivity index (χ0v) is 11.4. The fourth-order valence-electron chi connectivity index (χ4n) is 2.07. The fourth-order valence-corrected chi connectivity index (χ4v) is 2.07. The van der Waals surface area contributed by atoms with Crippen molar-refractivity contribution >= 4 is 11.9 Å². The third-order valence-electron chi connectivity index (χ3n) is 3.17. The van der Waals surface area contributed by atoms with Gasteiger partial charge in [0, 0.05) is 12.8 Å². The van der Waals surface area contributed by atoms with E-state index in [1.165, 1.54) is 0 Å². The minimum Gasteiger partial charge on any atom is -0.463 e. The molecular formula is C16H19NO3. The Kier molecular flexibility index (Phi) is 5.35. The number of carbonyl (C=O) groups excluding carboxylic acids is 2. The molecule has 1 aliphatic rings. The minimum atomic E-state index is -0.281. The van der Waals surface area contributed by atoms with E-state index in [9.17, 15) is 9.59 Å². The summed E-state index contributed by atoms with van der Waals surface area (Å²) in [7, 11) is 0. The van der Waals surface area contributed by atoms with Crippen molar-refractivity contribution in [3.8, 4) is 0 Å². The second kappa shape index (κ2) is 7.48. The largest absolute Gasteiger partial charge is 0.463 e. The summed E-state index contributed by atoms with van der Waals surface area (Å²) in [6, 6.07) is 9.29. The lowest BCUT2D eigenvalue weighted by Crippen LogP contribution is -2.32. The molecule has 0 bridgehead atoms. The van der Waals surface area contributed by atoms with E-state index in [0.717, 1.165) is 5.56 Å². The molecule has 1 amide bonds. The minimum absolute atomic E-state index is 0.0277. The lowest BCUT2D eigenvalue weighted by molar-refractivity contribution is -0.145. The molecule has 0 aliphatic carbocycles. The molecule has 1 heterocycles. The molecule has 4 heteroatoms. The fraction of sp³-hybridized carbons (Fsp3) is 0.375. The van der Waals surface area contributed by atoms with Gasteiger partial charge in [0.2, 0.25) is 5.91 Å². The molecule has 0 fully saturated rings. The molecule has 1 unspecified atom stereocenters. The Morgan fingerprint density at radius 2 is 1.70 bits per heavy atom. The van der Waals surface area contributed by atoms with Crippen LogP contribution in [-0.4, -0.2) is 18.5 Å². The number of cyclic esters (lactones) is 1. The van der Waals surface area contributed by atoms with Gasteiger partial charge >= 0.3 is 5.97 Å². The third-order valence-corrected chi connectivity index (χ3v) is 3.17. The maximum Gasteiger partial charge on any atom is 0.306 e. The highest BCUT2D eigenvalue weighted by Gasteiger charge is 2.16. The number of amides is 1. The predicted molar refractivity (Wildman–Crippen MR) is 75.9 cm³/mol. The summed E-state index contributed by atoms with van der Waals surface area (Å²) in [5.74, 6) is -0.259. The Labute approximate surface area is 118 Å². The van der Waals surface area contributed by atoms with E-state index in [4.69, 9.17) is 4.74 Å². The van der Waals surface area contributed by atoms with E-state index in [0.29, 0.717) is 25.7 Å². The maximum absolute atomic E-state index is 11.9. The number of hydrogen-bond donors (Lipinski definition) is 1. The van der Waals surface area contributed by atoms with Crippen molar-refractivity contribution in [3.63, 3.8) is 0 Å². The van der Waals surface area contributed by atoms with Crippen LogP contribution >= 0.6 is 0 Å². The molecule has 1 aromatic rings. The summed E-state index contributed by atoms with van der Waals surface area (Å²) in [6.45, 7) is 0.179. The van der Waals surface area contributed by atoms with Crippen molar-refractivity contribution in [3.05, 3.63) is 48.0 Å². The van der Waals surface area contributed by atoms with E-state index >= 15 is 0 Å². The van der Waals surface area contributed by atoms with Gasteiger partial charge in [0.15, 0.2) is 0 Å². The maximum atomic E-state index is 11.9. The first-order valence-electron chi connectivity index (χ1n) is 6.90. The quantitative estimate of drug-likeness (QED) is 0.632. The second-order valence-corrected chi connectivity index (χ2v) is 4.76. The molecule has 1 aromatic carbocycles. The number of esters is 1. The Hall–Kier alpha value is -2.10. The predicted octanol–water partition coefficient (Wildman–Crippen LogP) is 2.52. The average Bonchev–Trinajstić information content (AvgIpc) is 2.46. The van der Waals surface area contributed by atoms with Crippen LogP contribution in [-0.2, 0) is 14.3 Å². The zero-order chi connectivity index (χ0) is 14.2. The normalized spacial score (nSPS) is 21.3. The Morgan fingerprint density at radius 1 is 1.00 bits per heavy atom. The van der Waals surface area contributed by atoms with Crippen LogP contribution in [0.5, 0.6) is 0 Å². The molecular weight excluding hydrogens is 254 g/mol. The highest BCUT2D eigenvalue weighted by atomic mass is 16.5. The number of allylic oxidation sites excluding steroid dienone is 2. The van der Waals surface area contributed by atoms with Crippen LogP contribution in [0.15, 0.2) is 42.5 Å². The molecule has 0 saturated carbocycles. The number of nitrogens with one attached hydrogen (secondary N) is 1. The van der Waals surface area contributed by atoms with Crippen LogP contribution < -0.4 is 5.32 Å². The first kappa shape index (κ1) is 14.3. The van der Waals surface area contributed by atoms with Crippen molar-refractivity contribution in [1.82, 2.24) is 5.32 Å². The van der Waals surface area contributed by atoms with Gasteiger partial charge in [-0.05, 0) is 18.4 Å². The van der Waals surface area contributed by atoms with Crippen LogP contribution in [0.3, 0.4) is 0 Å². The Bertz CT molecular complexity index is 482. The van der Waals surface area contributed by atoms with Gasteiger partial charge in [-0.15, -0.1) is 0 Å². The number of benzene rings is 1. The van der Waals surface area contributed by atoms with E-state index in [-0.39, 0.29) is 24.5 Å². The molecule has 2 rings (SSSR count). The van der Waals surface area contributed by atoms with E-state index < -0.39 is 0 Å². The zero-order valence-electron chi connectivity index (χ0n) is 11.4. The highest BCUT2D eigenvalue weighted by Crippen LogP contribution is 2.14. The summed E-state index contributed by atoms with van der Waals surface area (Å²) in [4.78, 5) is 23.5. The number of rotatable bonds is 1. The van der Waals surface area contributed by atoms with Gasteiger partial charge in [-0.1, -0.05) is 42.5 Å². The monoisotopic (exact) mass is 273 g/mol. The van der Waals surface area contributed by atoms with Crippen LogP contribution in [0, 0.1) is 0 Å². The van der Waals surface area contributed by atoms with Crippen LogP contribution in [0.25, 0.3) is 0 Å². The lowest BCUT2D eigenvalue weighted by atomic mass is 10.1. The molecule has 1 atom stereocenters. The van der Waals surface area contributed by atoms with Gasteiger partial charge in [-0.25, -0.2) is 0 Å².